The Balaban J connectivity index is 0.000000285. The quantitative estimate of drug-likeness (QED) is 0.0186. The molecule has 7 heterocycles. The number of benzene rings is 1. The number of carbonyl (C=O) groups is 4. The summed E-state index contributed by atoms with van der Waals surface area (Å²) in [4.78, 5) is 72.8. The number of hydrogen-bond donors (Lipinski definition) is 6. The minimum absolute atomic E-state index is 0.0760. The summed E-state index contributed by atoms with van der Waals surface area (Å²) in [5.41, 5.74) is -3.11. The van der Waals surface area contributed by atoms with Gasteiger partial charge in [-0.25, -0.2) is 14.0 Å². The van der Waals surface area contributed by atoms with E-state index in [0.717, 1.165) is 35.0 Å². The molecule has 5 aliphatic rings. The molecular formula is C72H113N3O22S. The van der Waals surface area contributed by atoms with Gasteiger partial charge in [-0.3, -0.25) is 23.7 Å². The maximum atomic E-state index is 14.2. The van der Waals surface area contributed by atoms with Gasteiger partial charge in [-0.2, -0.15) is 8.42 Å². The number of carbonyl (C=O) groups excluding carboxylic acids is 4. The number of hydrogen-bond acceptors (Lipinski definition) is 23. The predicted octanol–water partition coefficient (Wildman–Crippen LogP) is 8.55. The van der Waals surface area contributed by atoms with Crippen LogP contribution in [0.25, 0.3) is 22.3 Å². The van der Waals surface area contributed by atoms with E-state index in [1.165, 1.54) is 72.8 Å². The Labute approximate surface area is 578 Å². The number of fused-ring (bicyclic) bond motifs is 5. The lowest BCUT2D eigenvalue weighted by atomic mass is 9.74. The fourth-order valence-corrected chi connectivity index (χ4v) is 14.8. The molecule has 0 aliphatic carbocycles. The molecule has 25 nitrogen and oxygen atoms in total. The van der Waals surface area contributed by atoms with Gasteiger partial charge in [0, 0.05) is 54.2 Å². The number of unbranched alkanes of at least 4 members (excludes halogenated alkanes) is 9. The van der Waals surface area contributed by atoms with E-state index in [4.69, 9.17) is 47.4 Å². The number of rotatable bonds is 22. The second kappa shape index (κ2) is 35.3. The second-order valence-corrected chi connectivity index (χ2v) is 29.6. The third kappa shape index (κ3) is 19.8. The van der Waals surface area contributed by atoms with Crippen LogP contribution < -0.4 is 5.56 Å². The average Bonchev–Trinajstić information content (AvgIpc) is 1.49. The third-order valence-corrected chi connectivity index (χ3v) is 21.0. The van der Waals surface area contributed by atoms with E-state index in [-0.39, 0.29) is 63.0 Å². The number of methoxy groups -OCH3 is 1. The summed E-state index contributed by atoms with van der Waals surface area (Å²) >= 11 is 0. The first-order valence-electron chi connectivity index (χ1n) is 35.2. The molecule has 0 amide bonds. The second-order valence-electron chi connectivity index (χ2n) is 28.5. The van der Waals surface area contributed by atoms with Crippen molar-refractivity contribution in [2.45, 2.75) is 296 Å². The number of aromatic nitrogens is 2. The zero-order valence-electron chi connectivity index (χ0n) is 60.5. The van der Waals surface area contributed by atoms with Crippen molar-refractivity contribution in [2.75, 3.05) is 27.8 Å². The topological polar surface area (TPSA) is 345 Å². The lowest BCUT2D eigenvalue weighted by molar-refractivity contribution is -0.319. The molecule has 26 heteroatoms. The number of para-hydroxylation sites is 1. The highest BCUT2D eigenvalue weighted by molar-refractivity contribution is 7.80. The molecule has 0 spiro atoms. The van der Waals surface area contributed by atoms with Crippen LogP contribution in [0.2, 0.25) is 0 Å². The van der Waals surface area contributed by atoms with Crippen LogP contribution in [0.3, 0.4) is 0 Å². The van der Waals surface area contributed by atoms with Crippen molar-refractivity contribution in [1.29, 1.82) is 0 Å². The van der Waals surface area contributed by atoms with Crippen molar-refractivity contribution in [3.8, 4) is 11.4 Å². The van der Waals surface area contributed by atoms with E-state index in [1.807, 2.05) is 56.3 Å². The SMILES string of the molecule is CCC(=O)OC1C(OC2C(C)C(OC3CC(C)(OC)C(O)C(C)O3)C(C)C(=O)OC(CC)C(C)(O)C(O)C(C)C(=O)C(C)CC2(C)O)OC(C)CC1N(C)C.CCC1(O)C(=O)OCc2c1cc1n(c2=O)Cc2cc3ccccc3nc2-1.CCCCCCCCCCCCOS(=O)(=O)O. The van der Waals surface area contributed by atoms with Crippen LogP contribution in [-0.4, -0.2) is 189 Å². The number of Topliss-reactive ketones (excluding diaryl/α,β-unsaturated/α-hetero) is 1. The molecule has 3 saturated heterocycles. The van der Waals surface area contributed by atoms with Crippen LogP contribution in [0.4, 0.5) is 0 Å². The smallest absolute Gasteiger partial charge is 0.397 e. The number of ether oxygens (including phenoxy) is 8. The first-order chi connectivity index (χ1) is 45.9. The average molecular weight is 1400 g/mol. The summed E-state index contributed by atoms with van der Waals surface area (Å²) < 4.78 is 83.3. The Hall–Kier alpha value is -4.91. The van der Waals surface area contributed by atoms with E-state index < -0.39 is 135 Å². The third-order valence-electron chi connectivity index (χ3n) is 20.5. The molecule has 2 aromatic heterocycles. The van der Waals surface area contributed by atoms with Crippen molar-refractivity contribution < 1.29 is 99.8 Å². The van der Waals surface area contributed by atoms with Crippen molar-refractivity contribution in [3.63, 3.8) is 0 Å². The summed E-state index contributed by atoms with van der Waals surface area (Å²) in [5, 5.41) is 58.4. The van der Waals surface area contributed by atoms with E-state index in [9.17, 15) is 57.9 Å². The minimum atomic E-state index is -4.23. The number of ketones is 1. The molecule has 19 unspecified atom stereocenters. The Kier molecular flexibility index (Phi) is 29.6. The minimum Gasteiger partial charge on any atom is -0.459 e. The van der Waals surface area contributed by atoms with Gasteiger partial charge in [0.05, 0.1) is 89.3 Å². The maximum absolute atomic E-state index is 14.2. The number of cyclic esters (lactones) is 2. The highest BCUT2D eigenvalue weighted by atomic mass is 32.3. The normalized spacial score (nSPS) is 33.8. The Morgan fingerprint density at radius 1 is 0.806 bits per heavy atom. The largest absolute Gasteiger partial charge is 0.459 e. The first-order valence-corrected chi connectivity index (χ1v) is 36.6. The van der Waals surface area contributed by atoms with Gasteiger partial charge in [0.2, 0.25) is 0 Å². The van der Waals surface area contributed by atoms with Gasteiger partial charge in [0.15, 0.2) is 24.3 Å². The van der Waals surface area contributed by atoms with Crippen LogP contribution in [-0.2, 0) is 90.4 Å². The fraction of sp³-hybridized carbons (Fsp3) is 0.750. The fourth-order valence-electron chi connectivity index (χ4n) is 14.4. The molecule has 5 aliphatic heterocycles. The molecule has 19 atom stereocenters. The lowest BCUT2D eigenvalue weighted by Crippen LogP contribution is -2.61. The van der Waals surface area contributed by atoms with Gasteiger partial charge >= 0.3 is 28.3 Å². The summed E-state index contributed by atoms with van der Waals surface area (Å²) in [6.07, 6.45) is 2.31. The van der Waals surface area contributed by atoms with Crippen molar-refractivity contribution >= 4 is 45.0 Å². The zero-order valence-corrected chi connectivity index (χ0v) is 61.3. The zero-order chi connectivity index (χ0) is 73.0. The maximum Gasteiger partial charge on any atom is 0.397 e. The van der Waals surface area contributed by atoms with Crippen molar-refractivity contribution in [3.05, 3.63) is 63.4 Å². The molecule has 1 aromatic carbocycles. The molecule has 8 rings (SSSR count). The van der Waals surface area contributed by atoms with E-state index in [0.29, 0.717) is 36.2 Å². The Bertz CT molecular complexity index is 3320. The Morgan fingerprint density at radius 2 is 1.44 bits per heavy atom. The number of aliphatic hydroxyl groups is 5. The molecule has 3 fully saturated rings. The standard InChI is InChI=1S/C40H71NO14.C20H16N2O4.C12H26O4S/c1-15-27-40(11,48)33(44)22(5)30(43)20(3)18-38(9,47)35(55-37-32(53-28(42)16-2)26(41(12)13)17-21(4)50-37)23(6)31(24(7)36(46)52-27)54-29-19-39(10,49-14)34(45)25(8)51-29;1-2-20(25)14-8-16-17-12(7-11-5-3-4-6-15(11)21-17)9-22(16)18(23)13(14)10-26-19(20)24;1-2-3-4-5-6-7-8-9-10-11-12-16-17(13,14)15/h20-27,29,31-35,37,44-45,47-48H,15-19H2,1-14H3;3-8,25H,2,9-10H2,1H3;2-12H2,1H3,(H,13,14,15). The highest BCUT2D eigenvalue weighted by Gasteiger charge is 2.55. The molecule has 554 valence electrons. The molecule has 0 bridgehead atoms. The molecule has 98 heavy (non-hydrogen) atoms. The number of aliphatic hydroxyl groups excluding tert-OH is 2. The van der Waals surface area contributed by atoms with Crippen LogP contribution in [0.15, 0.2) is 41.2 Å². The summed E-state index contributed by atoms with van der Waals surface area (Å²) in [7, 11) is 0.973. The number of nitrogens with zero attached hydrogens (tertiary/aromatic N) is 3. The Morgan fingerprint density at radius 3 is 2.03 bits per heavy atom. The van der Waals surface area contributed by atoms with Gasteiger partial charge in [-0.15, -0.1) is 0 Å². The number of pyridine rings is 2. The van der Waals surface area contributed by atoms with E-state index in [2.05, 4.69) is 11.1 Å². The molecule has 6 N–H and O–H groups in total. The lowest BCUT2D eigenvalue weighted by Gasteiger charge is -2.49. The summed E-state index contributed by atoms with van der Waals surface area (Å²) in [5.74, 6) is -6.29. The predicted molar refractivity (Wildman–Crippen MR) is 364 cm³/mol. The van der Waals surface area contributed by atoms with Crippen LogP contribution >= 0.6 is 0 Å². The number of esters is 3. The van der Waals surface area contributed by atoms with Gasteiger partial charge in [-0.1, -0.05) is 124 Å². The van der Waals surface area contributed by atoms with Gasteiger partial charge in [-0.05, 0) is 106 Å². The van der Waals surface area contributed by atoms with Gasteiger partial charge < -0.3 is 72.9 Å². The van der Waals surface area contributed by atoms with Gasteiger partial charge in [0.25, 0.3) is 5.56 Å². The van der Waals surface area contributed by atoms with Crippen LogP contribution in [0.1, 0.15) is 209 Å². The van der Waals surface area contributed by atoms with Gasteiger partial charge in [0.1, 0.15) is 30.2 Å². The van der Waals surface area contributed by atoms with E-state index in [1.54, 1.807) is 66.0 Å². The highest BCUT2D eigenvalue weighted by Crippen LogP contribution is 2.43. The molecule has 0 saturated carbocycles. The monoisotopic (exact) mass is 1400 g/mol. The van der Waals surface area contributed by atoms with E-state index >= 15 is 0 Å². The van der Waals surface area contributed by atoms with Crippen molar-refractivity contribution in [2.24, 2.45) is 23.7 Å². The van der Waals surface area contributed by atoms with Crippen molar-refractivity contribution in [1.82, 2.24) is 14.5 Å². The molecular weight excluding hydrogens is 1290 g/mol. The molecule has 0 radical (unpaired) electrons. The van der Waals surface area contributed by atoms with Crippen LogP contribution in [0, 0.1) is 23.7 Å². The molecule has 3 aromatic rings. The first kappa shape index (κ1) is 82.0. The summed E-state index contributed by atoms with van der Waals surface area (Å²) in [6, 6.07) is 11.2. The summed E-state index contributed by atoms with van der Waals surface area (Å²) in [6.45, 7) is 22.3. The van der Waals surface area contributed by atoms with Crippen LogP contribution in [0.5, 0.6) is 0 Å². The number of likely N-dealkylation sites (N-methyl/N-ethyl adjacent to an activating group) is 1.